The highest BCUT2D eigenvalue weighted by molar-refractivity contribution is 5.99. The Balaban J connectivity index is 1.23. The molecule has 3 N–H and O–H groups in total. The molecule has 3 aliphatic carbocycles. The molecule has 0 radical (unpaired) electrons. The van der Waals surface area contributed by atoms with E-state index in [4.69, 9.17) is 15.2 Å². The summed E-state index contributed by atoms with van der Waals surface area (Å²) in [6.07, 6.45) is 13.2. The van der Waals surface area contributed by atoms with Crippen molar-refractivity contribution in [2.75, 3.05) is 26.2 Å². The molecule has 11 atom stereocenters. The van der Waals surface area contributed by atoms with Gasteiger partial charge in [-0.15, -0.1) is 0 Å². The summed E-state index contributed by atoms with van der Waals surface area (Å²) < 4.78 is 13.4. The second kappa shape index (κ2) is 11.2. The van der Waals surface area contributed by atoms with Crippen LogP contribution in [-0.4, -0.2) is 65.1 Å². The number of aliphatic hydroxyl groups is 1. The highest BCUT2D eigenvalue weighted by atomic mass is 16.6. The van der Waals surface area contributed by atoms with E-state index in [1.807, 2.05) is 12.1 Å². The summed E-state index contributed by atoms with van der Waals surface area (Å²) in [5.74, 6) is 1.77. The molecule has 1 saturated carbocycles. The largest absolute Gasteiger partial charge is 0.509 e. The summed E-state index contributed by atoms with van der Waals surface area (Å²) in [5, 5.41) is 12.4. The summed E-state index contributed by atoms with van der Waals surface area (Å²) >= 11 is 0. The minimum atomic E-state index is -1.09. The lowest BCUT2D eigenvalue weighted by Crippen LogP contribution is -2.75. The van der Waals surface area contributed by atoms with Crippen LogP contribution in [0, 0.1) is 40.4 Å². The molecule has 12 aliphatic rings. The zero-order valence-electron chi connectivity index (χ0n) is 30.7. The Bertz CT molecular complexity index is 1810. The summed E-state index contributed by atoms with van der Waals surface area (Å²) in [6, 6.07) is 6.78. The minimum absolute atomic E-state index is 0.0877. The molecule has 2 spiro atoms. The second-order valence-electron chi connectivity index (χ2n) is 18.1. The van der Waals surface area contributed by atoms with Gasteiger partial charge in [-0.1, -0.05) is 55.7 Å². The highest BCUT2D eigenvalue weighted by Gasteiger charge is 2.91. The number of fused-ring (bicyclic) bond motifs is 2. The molecule has 3 saturated heterocycles. The van der Waals surface area contributed by atoms with Gasteiger partial charge in [0, 0.05) is 61.2 Å². The number of piperidine rings is 2. The van der Waals surface area contributed by atoms with Crippen LogP contribution in [0.2, 0.25) is 0 Å². The normalized spacial score (nSPS) is 44.5. The molecule has 13 rings (SSSR count). The first-order valence-corrected chi connectivity index (χ1v) is 20.3. The van der Waals surface area contributed by atoms with Crippen molar-refractivity contribution in [1.82, 2.24) is 9.80 Å². The zero-order valence-corrected chi connectivity index (χ0v) is 30.7. The van der Waals surface area contributed by atoms with Gasteiger partial charge in [-0.05, 0) is 101 Å². The Hall–Kier alpha value is -3.10. The Labute approximate surface area is 302 Å². The molecule has 1 unspecified atom stereocenters. The van der Waals surface area contributed by atoms with E-state index in [2.05, 4.69) is 42.7 Å². The number of esters is 2. The molecule has 0 aromatic heterocycles. The first-order valence-electron chi connectivity index (χ1n) is 20.3. The maximum Gasteiger partial charge on any atom is 0.339 e. The average Bonchev–Trinajstić information content (AvgIpc) is 3.57. The lowest BCUT2D eigenvalue weighted by Gasteiger charge is -2.69. The van der Waals surface area contributed by atoms with Crippen LogP contribution in [0.3, 0.4) is 0 Å². The van der Waals surface area contributed by atoms with E-state index in [9.17, 15) is 14.7 Å². The molecule has 9 heterocycles. The van der Waals surface area contributed by atoms with Crippen LogP contribution in [0.5, 0.6) is 0 Å². The quantitative estimate of drug-likeness (QED) is 0.254. The van der Waals surface area contributed by atoms with Crippen molar-refractivity contribution in [1.29, 1.82) is 0 Å². The number of nitrogens with two attached hydrogens (primary N) is 1. The standard InChI is InChI=1S/C43H55N3O5/c1-4-7-35-41-20-29-13-14-42(41,43(35)32-10-5-8-27(9-6-15-44)36(32)39(48)51-43)38(50-40(41)49)34(47)18-25(3)45-21-26-19-30(23-45)33-12-11-28-16-24(2)17-31(29)37(28)46(33)22-26/h5,8,10,20,24-26,30-31,33,35,47H,4,6-7,9,11-19,21-23,44H2,1-3H3/b38-34+/t24-,25-,26-,30+,31+,33+,35+,41+,42-,43-/m1/s1. The van der Waals surface area contributed by atoms with Gasteiger partial charge in [0.25, 0.3) is 0 Å². The lowest BCUT2D eigenvalue weighted by molar-refractivity contribution is -0.272. The summed E-state index contributed by atoms with van der Waals surface area (Å²) in [6.45, 7) is 10.5. The Morgan fingerprint density at radius 2 is 1.94 bits per heavy atom. The van der Waals surface area contributed by atoms with Crippen molar-refractivity contribution in [3.63, 3.8) is 0 Å². The third kappa shape index (κ3) is 3.94. The molecule has 8 heteroatoms. The van der Waals surface area contributed by atoms with Crippen molar-refractivity contribution >= 4 is 11.9 Å². The lowest BCUT2D eigenvalue weighted by atomic mass is 9.31. The molecular formula is C43H55N3O5. The van der Waals surface area contributed by atoms with E-state index in [1.165, 1.54) is 31.3 Å². The van der Waals surface area contributed by atoms with Gasteiger partial charge in [0.2, 0.25) is 0 Å². The maximum atomic E-state index is 15.0. The summed E-state index contributed by atoms with van der Waals surface area (Å²) in [5.41, 5.74) is 9.93. The Kier molecular flexibility index (Phi) is 7.15. The third-order valence-electron chi connectivity index (χ3n) is 15.5. The molecular weight excluding hydrogens is 638 g/mol. The first kappa shape index (κ1) is 32.5. The van der Waals surface area contributed by atoms with Crippen molar-refractivity contribution in [2.24, 2.45) is 46.2 Å². The van der Waals surface area contributed by atoms with Crippen LogP contribution in [0.15, 0.2) is 52.6 Å². The van der Waals surface area contributed by atoms with Crippen LogP contribution in [0.4, 0.5) is 0 Å². The van der Waals surface area contributed by atoms with Crippen molar-refractivity contribution < 1.29 is 24.2 Å². The molecule has 9 aliphatic heterocycles. The van der Waals surface area contributed by atoms with Gasteiger partial charge in [0.15, 0.2) is 11.4 Å². The van der Waals surface area contributed by atoms with Crippen LogP contribution >= 0.6 is 0 Å². The topological polar surface area (TPSA) is 105 Å². The van der Waals surface area contributed by atoms with Crippen molar-refractivity contribution in [3.05, 3.63) is 69.3 Å². The zero-order chi connectivity index (χ0) is 35.0. The predicted molar refractivity (Wildman–Crippen MR) is 193 cm³/mol. The van der Waals surface area contributed by atoms with Gasteiger partial charge < -0.3 is 25.2 Å². The molecule has 10 bridgehead atoms. The molecule has 0 amide bonds. The Morgan fingerprint density at radius 3 is 2.76 bits per heavy atom. The molecule has 1 aromatic carbocycles. The van der Waals surface area contributed by atoms with Gasteiger partial charge in [-0.25, -0.2) is 4.79 Å². The fourth-order valence-corrected chi connectivity index (χ4v) is 13.9. The van der Waals surface area contributed by atoms with Crippen LogP contribution in [0.1, 0.15) is 113 Å². The van der Waals surface area contributed by atoms with Crippen molar-refractivity contribution in [3.8, 4) is 0 Å². The predicted octanol–water partition coefficient (Wildman–Crippen LogP) is 6.90. The fraction of sp³-hybridized carbons (Fsp3) is 0.674. The number of carbonyl (C=O) groups is 2. The SMILES string of the molecule is CCC[C@@H]1[C@@]2(OC(=O)c3c(CCCN)cccc32)[C@@]23CCC4=C[C@@]12C(=O)O/C3=C(/O)C[C@@H](C)N1C[C@H]2C[C@@H](C1)[C@@H]1CCC3=C([C@H]4C[C@H](C)C3)N1C2. The minimum Gasteiger partial charge on any atom is -0.509 e. The van der Waals surface area contributed by atoms with Gasteiger partial charge in [-0.3, -0.25) is 9.69 Å². The number of benzene rings is 1. The highest BCUT2D eigenvalue weighted by Crippen LogP contribution is 2.85. The van der Waals surface area contributed by atoms with E-state index in [-0.39, 0.29) is 35.6 Å². The number of ether oxygens (including phenoxy) is 2. The van der Waals surface area contributed by atoms with E-state index in [0.717, 1.165) is 56.4 Å². The van der Waals surface area contributed by atoms with Crippen molar-refractivity contribution in [2.45, 2.75) is 116 Å². The molecule has 8 nitrogen and oxygen atoms in total. The van der Waals surface area contributed by atoms with Gasteiger partial charge in [0.05, 0.1) is 11.0 Å². The maximum absolute atomic E-state index is 15.0. The van der Waals surface area contributed by atoms with Gasteiger partial charge >= 0.3 is 11.9 Å². The first-order chi connectivity index (χ1) is 24.7. The average molecular weight is 694 g/mol. The second-order valence-corrected chi connectivity index (χ2v) is 18.1. The van der Waals surface area contributed by atoms with Gasteiger partial charge in [0.1, 0.15) is 11.2 Å². The Morgan fingerprint density at radius 1 is 1.08 bits per heavy atom. The van der Waals surface area contributed by atoms with Crippen LogP contribution in [-0.2, 0) is 26.3 Å². The van der Waals surface area contributed by atoms with E-state index < -0.39 is 16.4 Å². The summed E-state index contributed by atoms with van der Waals surface area (Å²) in [7, 11) is 0. The monoisotopic (exact) mass is 693 g/mol. The van der Waals surface area contributed by atoms with Crippen LogP contribution in [0.25, 0.3) is 0 Å². The molecule has 4 fully saturated rings. The van der Waals surface area contributed by atoms with E-state index >= 15 is 0 Å². The number of aliphatic hydroxyl groups excluding tert-OH is 1. The fourth-order valence-electron chi connectivity index (χ4n) is 13.9. The molecule has 1 aromatic rings. The number of aryl methyl sites for hydroxylation is 1. The number of rotatable bonds is 5. The summed E-state index contributed by atoms with van der Waals surface area (Å²) in [4.78, 5) is 34.7. The van der Waals surface area contributed by atoms with E-state index in [0.29, 0.717) is 67.3 Å². The number of allylic oxidation sites excluding steroid dienone is 2. The van der Waals surface area contributed by atoms with Crippen LogP contribution < -0.4 is 5.73 Å². The molecule has 272 valence electrons. The number of hydrogen-bond acceptors (Lipinski definition) is 8. The van der Waals surface area contributed by atoms with E-state index in [1.54, 1.807) is 11.3 Å². The number of nitrogens with zero attached hydrogens (tertiary/aromatic N) is 2. The number of hydrogen-bond donors (Lipinski definition) is 2. The third-order valence-corrected chi connectivity index (χ3v) is 15.5. The smallest absolute Gasteiger partial charge is 0.339 e. The van der Waals surface area contributed by atoms with Gasteiger partial charge in [-0.2, -0.15) is 0 Å². The number of carbonyl (C=O) groups excluding carboxylic acids is 2. The molecule has 51 heavy (non-hydrogen) atoms.